The molecule has 1 aromatic carbocycles. The van der Waals surface area contributed by atoms with Crippen LogP contribution in [-0.2, 0) is 6.61 Å². The molecular formula is C10H9BrN2OS. The number of nitrogens with two attached hydrogens (primary N) is 1. The Morgan fingerprint density at radius 2 is 2.33 bits per heavy atom. The van der Waals surface area contributed by atoms with Crippen molar-refractivity contribution in [2.75, 3.05) is 5.73 Å². The predicted octanol–water partition coefficient (Wildman–Crippen LogP) is 3.07. The van der Waals surface area contributed by atoms with Gasteiger partial charge in [-0.1, -0.05) is 15.9 Å². The van der Waals surface area contributed by atoms with E-state index in [1.807, 2.05) is 23.6 Å². The third kappa shape index (κ3) is 2.70. The van der Waals surface area contributed by atoms with E-state index in [0.29, 0.717) is 18.0 Å². The zero-order valence-corrected chi connectivity index (χ0v) is 10.2. The van der Waals surface area contributed by atoms with Crippen molar-refractivity contribution in [3.63, 3.8) is 0 Å². The van der Waals surface area contributed by atoms with Crippen molar-refractivity contribution in [2.45, 2.75) is 6.61 Å². The van der Waals surface area contributed by atoms with Crippen LogP contribution in [0.1, 0.15) is 5.01 Å². The first-order valence-electron chi connectivity index (χ1n) is 4.32. The number of aromatic nitrogens is 1. The van der Waals surface area contributed by atoms with E-state index in [4.69, 9.17) is 10.5 Å². The molecule has 0 aliphatic carbocycles. The minimum absolute atomic E-state index is 0.462. The maximum absolute atomic E-state index is 5.79. The maximum Gasteiger partial charge on any atom is 0.142 e. The highest BCUT2D eigenvalue weighted by Crippen LogP contribution is 2.26. The van der Waals surface area contributed by atoms with E-state index in [1.165, 1.54) is 0 Å². The van der Waals surface area contributed by atoms with Crippen LogP contribution >= 0.6 is 27.3 Å². The van der Waals surface area contributed by atoms with Gasteiger partial charge >= 0.3 is 0 Å². The number of benzene rings is 1. The van der Waals surface area contributed by atoms with Gasteiger partial charge in [0.25, 0.3) is 0 Å². The number of nitrogen functional groups attached to an aromatic ring is 1. The molecule has 2 N–H and O–H groups in total. The van der Waals surface area contributed by atoms with E-state index in [9.17, 15) is 0 Å². The largest absolute Gasteiger partial charge is 0.484 e. The third-order valence-corrected chi connectivity index (χ3v) is 3.05. The molecule has 0 bridgehead atoms. The summed E-state index contributed by atoms with van der Waals surface area (Å²) in [5.74, 6) is 0.688. The Hall–Kier alpha value is -1.07. The van der Waals surface area contributed by atoms with Crippen molar-refractivity contribution in [1.82, 2.24) is 4.98 Å². The zero-order chi connectivity index (χ0) is 10.7. The second-order valence-corrected chi connectivity index (χ2v) is 4.79. The van der Waals surface area contributed by atoms with Gasteiger partial charge in [-0.3, -0.25) is 0 Å². The fourth-order valence-corrected chi connectivity index (χ4v) is 2.02. The summed E-state index contributed by atoms with van der Waals surface area (Å²) in [5, 5.41) is 2.86. The Kier molecular flexibility index (Phi) is 3.23. The zero-order valence-electron chi connectivity index (χ0n) is 7.81. The maximum atomic E-state index is 5.79. The average Bonchev–Trinajstić information content (AvgIpc) is 2.69. The summed E-state index contributed by atoms with van der Waals surface area (Å²) in [6.07, 6.45) is 1.76. The highest BCUT2D eigenvalue weighted by Gasteiger charge is 2.02. The SMILES string of the molecule is Nc1cc(Br)ccc1OCc1nccs1. The number of halogens is 1. The molecule has 15 heavy (non-hydrogen) atoms. The number of anilines is 1. The highest BCUT2D eigenvalue weighted by molar-refractivity contribution is 9.10. The van der Waals surface area contributed by atoms with Gasteiger partial charge < -0.3 is 10.5 Å². The van der Waals surface area contributed by atoms with Gasteiger partial charge in [-0.2, -0.15) is 0 Å². The van der Waals surface area contributed by atoms with Crippen molar-refractivity contribution < 1.29 is 4.74 Å². The average molecular weight is 285 g/mol. The Morgan fingerprint density at radius 3 is 3.00 bits per heavy atom. The van der Waals surface area contributed by atoms with Gasteiger partial charge in [-0.05, 0) is 18.2 Å². The van der Waals surface area contributed by atoms with Crippen LogP contribution in [0.3, 0.4) is 0 Å². The van der Waals surface area contributed by atoms with Crippen LogP contribution in [0.5, 0.6) is 5.75 Å². The van der Waals surface area contributed by atoms with Gasteiger partial charge in [0, 0.05) is 16.0 Å². The van der Waals surface area contributed by atoms with E-state index in [-0.39, 0.29) is 0 Å². The molecule has 2 rings (SSSR count). The van der Waals surface area contributed by atoms with Gasteiger partial charge in [0.2, 0.25) is 0 Å². The van der Waals surface area contributed by atoms with Gasteiger partial charge in [0.05, 0.1) is 5.69 Å². The monoisotopic (exact) mass is 284 g/mol. The summed E-state index contributed by atoms with van der Waals surface area (Å²) in [6.45, 7) is 0.462. The topological polar surface area (TPSA) is 48.1 Å². The van der Waals surface area contributed by atoms with E-state index in [1.54, 1.807) is 17.5 Å². The van der Waals surface area contributed by atoms with Crippen molar-refractivity contribution in [3.05, 3.63) is 39.3 Å². The summed E-state index contributed by atoms with van der Waals surface area (Å²) in [6, 6.07) is 5.55. The van der Waals surface area contributed by atoms with Gasteiger partial charge in [-0.15, -0.1) is 11.3 Å². The van der Waals surface area contributed by atoms with Crippen LogP contribution in [0.15, 0.2) is 34.2 Å². The van der Waals surface area contributed by atoms with E-state index in [0.717, 1.165) is 9.48 Å². The Labute approximate surface area is 100 Å². The smallest absolute Gasteiger partial charge is 0.142 e. The molecule has 0 aliphatic rings. The number of rotatable bonds is 3. The molecule has 5 heteroatoms. The second-order valence-electron chi connectivity index (χ2n) is 2.90. The molecule has 0 unspecified atom stereocenters. The molecule has 1 aromatic heterocycles. The number of hydrogen-bond acceptors (Lipinski definition) is 4. The number of ether oxygens (including phenoxy) is 1. The number of hydrogen-bond donors (Lipinski definition) is 1. The summed E-state index contributed by atoms with van der Waals surface area (Å²) in [7, 11) is 0. The molecule has 0 spiro atoms. The van der Waals surface area contributed by atoms with E-state index < -0.39 is 0 Å². The normalized spacial score (nSPS) is 10.2. The minimum atomic E-state index is 0.462. The Morgan fingerprint density at radius 1 is 1.47 bits per heavy atom. The first-order chi connectivity index (χ1) is 7.25. The molecule has 0 radical (unpaired) electrons. The van der Waals surface area contributed by atoms with Gasteiger partial charge in [-0.25, -0.2) is 4.98 Å². The molecule has 2 aromatic rings. The second kappa shape index (κ2) is 4.63. The van der Waals surface area contributed by atoms with Crippen LogP contribution < -0.4 is 10.5 Å². The van der Waals surface area contributed by atoms with E-state index >= 15 is 0 Å². The van der Waals surface area contributed by atoms with Crippen molar-refractivity contribution >= 4 is 33.0 Å². The highest BCUT2D eigenvalue weighted by atomic mass is 79.9. The molecule has 0 fully saturated rings. The molecule has 3 nitrogen and oxygen atoms in total. The number of thiazole rings is 1. The summed E-state index contributed by atoms with van der Waals surface area (Å²) >= 11 is 4.91. The summed E-state index contributed by atoms with van der Waals surface area (Å²) < 4.78 is 6.48. The Balaban J connectivity index is 2.05. The van der Waals surface area contributed by atoms with Crippen molar-refractivity contribution in [2.24, 2.45) is 0 Å². The van der Waals surface area contributed by atoms with E-state index in [2.05, 4.69) is 20.9 Å². The van der Waals surface area contributed by atoms with Crippen LogP contribution in [0, 0.1) is 0 Å². The molecule has 0 aliphatic heterocycles. The molecule has 0 amide bonds. The first-order valence-corrected chi connectivity index (χ1v) is 5.99. The summed E-state index contributed by atoms with van der Waals surface area (Å²) in [5.41, 5.74) is 6.41. The molecular weight excluding hydrogens is 276 g/mol. The lowest BCUT2D eigenvalue weighted by molar-refractivity contribution is 0.307. The lowest BCUT2D eigenvalue weighted by atomic mass is 10.3. The predicted molar refractivity (Wildman–Crippen MR) is 65.0 cm³/mol. The quantitative estimate of drug-likeness (QED) is 0.882. The molecule has 0 saturated carbocycles. The number of nitrogens with zero attached hydrogens (tertiary/aromatic N) is 1. The lowest BCUT2D eigenvalue weighted by Gasteiger charge is -2.07. The molecule has 1 heterocycles. The summed E-state index contributed by atoms with van der Waals surface area (Å²) in [4.78, 5) is 4.12. The molecule has 0 saturated heterocycles. The Bertz CT molecular complexity index is 445. The molecule has 78 valence electrons. The third-order valence-electron chi connectivity index (χ3n) is 1.81. The van der Waals surface area contributed by atoms with Crippen LogP contribution in [0.2, 0.25) is 0 Å². The van der Waals surface area contributed by atoms with Gasteiger partial charge in [0.15, 0.2) is 0 Å². The van der Waals surface area contributed by atoms with Crippen LogP contribution in [0.25, 0.3) is 0 Å². The standard InChI is InChI=1S/C10H9BrN2OS/c11-7-1-2-9(8(12)5-7)14-6-10-13-3-4-15-10/h1-5H,6,12H2. The van der Waals surface area contributed by atoms with Gasteiger partial charge in [0.1, 0.15) is 17.4 Å². The fourth-order valence-electron chi connectivity index (χ4n) is 1.11. The first kappa shape index (κ1) is 10.4. The van der Waals surface area contributed by atoms with Crippen LogP contribution in [0.4, 0.5) is 5.69 Å². The van der Waals surface area contributed by atoms with Crippen molar-refractivity contribution in [3.8, 4) is 5.75 Å². The fraction of sp³-hybridized carbons (Fsp3) is 0.100. The lowest BCUT2D eigenvalue weighted by Crippen LogP contribution is -1.98. The van der Waals surface area contributed by atoms with Crippen molar-refractivity contribution in [1.29, 1.82) is 0 Å². The molecule has 0 atom stereocenters. The minimum Gasteiger partial charge on any atom is -0.484 e. The van der Waals surface area contributed by atoms with Crippen LogP contribution in [-0.4, -0.2) is 4.98 Å².